The van der Waals surface area contributed by atoms with Gasteiger partial charge in [0.15, 0.2) is 0 Å². The van der Waals surface area contributed by atoms with E-state index in [0.717, 1.165) is 18.9 Å². The first kappa shape index (κ1) is 24.4. The monoisotopic (exact) mass is 519 g/mol. The molecule has 37 heavy (non-hydrogen) atoms. The molecule has 1 atom stereocenters. The number of aromatic nitrogens is 4. The number of rotatable bonds is 5. The predicted octanol–water partition coefficient (Wildman–Crippen LogP) is 4.47. The van der Waals surface area contributed by atoms with Crippen LogP contribution in [0.4, 0.5) is 16.0 Å². The molecule has 0 aliphatic carbocycles. The highest BCUT2D eigenvalue weighted by Gasteiger charge is 2.29. The van der Waals surface area contributed by atoms with Crippen LogP contribution in [0.2, 0.25) is 5.02 Å². The van der Waals surface area contributed by atoms with Gasteiger partial charge in [0.2, 0.25) is 5.91 Å². The van der Waals surface area contributed by atoms with Crippen LogP contribution in [0.3, 0.4) is 0 Å². The number of nitrogens with one attached hydrogen (secondary N) is 1. The quantitative estimate of drug-likeness (QED) is 0.375. The summed E-state index contributed by atoms with van der Waals surface area (Å²) in [6, 6.07) is 9.00. The lowest BCUT2D eigenvalue weighted by atomic mass is 10.0. The van der Waals surface area contributed by atoms with Gasteiger partial charge in [-0.15, -0.1) is 0 Å². The molecule has 2 amide bonds. The average Bonchev–Trinajstić information content (AvgIpc) is 3.32. The number of nitrogens with two attached hydrogens (primary N) is 1. The standard InChI is InChI=1S/C26H23ClFN7O2/c1-2-21(36)34-11-5-6-16(14-34)35-24-18(27)13-31-25(29)22(24)23(33-35)17-9-8-15(12-19(17)28)26(37)32-20-7-3-4-10-30-20/h2-4,7-10,12-13,16H,1,5-6,11,14H2,(H2,29,31)(H,30,32,37). The van der Waals surface area contributed by atoms with Gasteiger partial charge in [0.1, 0.15) is 23.1 Å². The number of likely N-dealkylation sites (tertiary alicyclic amines) is 1. The van der Waals surface area contributed by atoms with Crippen molar-refractivity contribution in [2.45, 2.75) is 18.9 Å². The minimum atomic E-state index is -0.660. The summed E-state index contributed by atoms with van der Waals surface area (Å²) in [5.41, 5.74) is 7.25. The molecule has 1 aromatic carbocycles. The average molecular weight is 520 g/mol. The molecule has 11 heteroatoms. The number of anilines is 2. The summed E-state index contributed by atoms with van der Waals surface area (Å²) in [5.74, 6) is -0.831. The van der Waals surface area contributed by atoms with Gasteiger partial charge in [-0.3, -0.25) is 14.3 Å². The number of pyridine rings is 2. The number of hydrogen-bond donors (Lipinski definition) is 2. The molecule has 0 spiro atoms. The Kier molecular flexibility index (Phi) is 6.58. The van der Waals surface area contributed by atoms with Crippen LogP contribution >= 0.6 is 11.6 Å². The number of halogens is 2. The number of nitrogen functional groups attached to an aromatic ring is 1. The van der Waals surface area contributed by atoms with E-state index in [9.17, 15) is 9.59 Å². The van der Waals surface area contributed by atoms with Crippen LogP contribution < -0.4 is 11.1 Å². The SMILES string of the molecule is C=CC(=O)N1CCCC(n2nc(-c3ccc(C(=O)Nc4ccccn4)cc3F)c3c(N)ncc(Cl)c32)C1. The van der Waals surface area contributed by atoms with Crippen LogP contribution in [0.5, 0.6) is 0 Å². The van der Waals surface area contributed by atoms with Crippen molar-refractivity contribution < 1.29 is 14.0 Å². The second-order valence-electron chi connectivity index (χ2n) is 8.66. The summed E-state index contributed by atoms with van der Waals surface area (Å²) < 4.78 is 17.2. The van der Waals surface area contributed by atoms with Crippen LogP contribution in [0.15, 0.2) is 61.4 Å². The zero-order chi connectivity index (χ0) is 26.1. The Bertz CT molecular complexity index is 1520. The summed E-state index contributed by atoms with van der Waals surface area (Å²) in [4.78, 5) is 34.8. The fraction of sp³-hybridized carbons (Fsp3) is 0.192. The van der Waals surface area contributed by atoms with Crippen molar-refractivity contribution >= 4 is 46.0 Å². The Morgan fingerprint density at radius 3 is 2.81 bits per heavy atom. The van der Waals surface area contributed by atoms with E-state index < -0.39 is 11.7 Å². The predicted molar refractivity (Wildman–Crippen MR) is 140 cm³/mol. The Balaban J connectivity index is 1.55. The van der Waals surface area contributed by atoms with Crippen LogP contribution in [-0.4, -0.2) is 49.6 Å². The second kappa shape index (κ2) is 9.98. The first-order chi connectivity index (χ1) is 17.9. The topological polar surface area (TPSA) is 119 Å². The molecule has 188 valence electrons. The summed E-state index contributed by atoms with van der Waals surface area (Å²) in [7, 11) is 0. The van der Waals surface area contributed by atoms with E-state index in [1.807, 2.05) is 0 Å². The minimum absolute atomic E-state index is 0.116. The Labute approximate surface area is 216 Å². The van der Waals surface area contributed by atoms with E-state index in [1.165, 1.54) is 24.4 Å². The normalized spacial score (nSPS) is 15.5. The minimum Gasteiger partial charge on any atom is -0.383 e. The van der Waals surface area contributed by atoms with Gasteiger partial charge < -0.3 is 16.0 Å². The first-order valence-corrected chi connectivity index (χ1v) is 12.0. The molecule has 1 aliphatic rings. The summed E-state index contributed by atoms with van der Waals surface area (Å²) >= 11 is 6.54. The Hall–Kier alpha value is -4.31. The van der Waals surface area contributed by atoms with Gasteiger partial charge in [-0.05, 0) is 49.2 Å². The van der Waals surface area contributed by atoms with Gasteiger partial charge in [-0.2, -0.15) is 5.10 Å². The van der Waals surface area contributed by atoms with Gasteiger partial charge in [0.05, 0.1) is 28.2 Å². The van der Waals surface area contributed by atoms with Crippen molar-refractivity contribution in [3.63, 3.8) is 0 Å². The fourth-order valence-electron chi connectivity index (χ4n) is 4.57. The van der Waals surface area contributed by atoms with E-state index in [4.69, 9.17) is 22.4 Å². The van der Waals surface area contributed by atoms with E-state index in [0.29, 0.717) is 34.8 Å². The van der Waals surface area contributed by atoms with E-state index >= 15 is 4.39 Å². The van der Waals surface area contributed by atoms with Crippen molar-refractivity contribution in [3.05, 3.63) is 77.9 Å². The lowest BCUT2D eigenvalue weighted by Gasteiger charge is -2.32. The van der Waals surface area contributed by atoms with Gasteiger partial charge in [-0.25, -0.2) is 14.4 Å². The molecule has 4 heterocycles. The maximum absolute atomic E-state index is 15.5. The van der Waals surface area contributed by atoms with Gasteiger partial charge in [0.25, 0.3) is 5.91 Å². The number of nitrogens with zero attached hydrogens (tertiary/aromatic N) is 5. The highest BCUT2D eigenvalue weighted by molar-refractivity contribution is 6.35. The molecule has 9 nitrogen and oxygen atoms in total. The third-order valence-corrected chi connectivity index (χ3v) is 6.61. The smallest absolute Gasteiger partial charge is 0.256 e. The van der Waals surface area contributed by atoms with Crippen molar-refractivity contribution in [3.8, 4) is 11.3 Å². The summed E-state index contributed by atoms with van der Waals surface area (Å²) in [6.45, 7) is 4.58. The fourth-order valence-corrected chi connectivity index (χ4v) is 4.80. The van der Waals surface area contributed by atoms with Gasteiger partial charge in [0, 0.05) is 30.4 Å². The molecule has 5 rings (SSSR count). The molecular weight excluding hydrogens is 497 g/mol. The number of fused-ring (bicyclic) bond motifs is 1. The molecule has 1 fully saturated rings. The van der Waals surface area contributed by atoms with Gasteiger partial charge >= 0.3 is 0 Å². The maximum atomic E-state index is 15.5. The zero-order valence-electron chi connectivity index (χ0n) is 19.7. The number of hydrogen-bond acceptors (Lipinski definition) is 6. The van der Waals surface area contributed by atoms with E-state index in [-0.39, 0.29) is 34.6 Å². The number of carbonyl (C=O) groups is 2. The largest absolute Gasteiger partial charge is 0.383 e. The third-order valence-electron chi connectivity index (χ3n) is 6.33. The molecule has 1 saturated heterocycles. The lowest BCUT2D eigenvalue weighted by molar-refractivity contribution is -0.127. The summed E-state index contributed by atoms with van der Waals surface area (Å²) in [5, 5.41) is 8.07. The van der Waals surface area contributed by atoms with E-state index in [1.54, 1.807) is 34.0 Å². The maximum Gasteiger partial charge on any atom is 0.256 e. The van der Waals surface area contributed by atoms with Crippen LogP contribution in [-0.2, 0) is 4.79 Å². The third kappa shape index (κ3) is 4.63. The molecule has 3 aromatic heterocycles. The number of benzene rings is 1. The molecule has 3 N–H and O–H groups in total. The van der Waals surface area contributed by atoms with Crippen molar-refractivity contribution in [2.75, 3.05) is 24.1 Å². The first-order valence-electron chi connectivity index (χ1n) is 11.6. The lowest BCUT2D eigenvalue weighted by Crippen LogP contribution is -2.40. The zero-order valence-corrected chi connectivity index (χ0v) is 20.5. The van der Waals surface area contributed by atoms with Crippen molar-refractivity contribution in [2.24, 2.45) is 0 Å². The molecule has 1 unspecified atom stereocenters. The number of piperidine rings is 1. The molecule has 4 aromatic rings. The molecule has 0 radical (unpaired) electrons. The van der Waals surface area contributed by atoms with Gasteiger partial charge in [-0.1, -0.05) is 24.2 Å². The number of amides is 2. The molecular formula is C26H23ClFN7O2. The molecule has 1 aliphatic heterocycles. The van der Waals surface area contributed by atoms with Crippen molar-refractivity contribution in [1.82, 2.24) is 24.6 Å². The highest BCUT2D eigenvalue weighted by atomic mass is 35.5. The number of carbonyl (C=O) groups excluding carboxylic acids is 2. The highest BCUT2D eigenvalue weighted by Crippen LogP contribution is 2.39. The summed E-state index contributed by atoms with van der Waals surface area (Å²) in [6.07, 6.45) is 5.75. The van der Waals surface area contributed by atoms with Crippen molar-refractivity contribution in [1.29, 1.82) is 0 Å². The van der Waals surface area contributed by atoms with Crippen LogP contribution in [0.1, 0.15) is 29.2 Å². The van der Waals surface area contributed by atoms with Crippen LogP contribution in [0, 0.1) is 5.82 Å². The Morgan fingerprint density at radius 1 is 1.24 bits per heavy atom. The molecule has 0 saturated carbocycles. The second-order valence-corrected chi connectivity index (χ2v) is 9.06. The van der Waals surface area contributed by atoms with Crippen LogP contribution in [0.25, 0.3) is 22.2 Å². The van der Waals surface area contributed by atoms with E-state index in [2.05, 4.69) is 21.9 Å². The Morgan fingerprint density at radius 2 is 2.08 bits per heavy atom. The molecule has 0 bridgehead atoms.